The van der Waals surface area contributed by atoms with E-state index >= 15 is 0 Å². The zero-order valence-corrected chi connectivity index (χ0v) is 15.7. The summed E-state index contributed by atoms with van der Waals surface area (Å²) in [5.41, 5.74) is 3.84. The largest absolute Gasteiger partial charge is 0.395 e. The molecule has 2 aromatic carbocycles. The van der Waals surface area contributed by atoms with E-state index in [-0.39, 0.29) is 29.4 Å². The molecule has 0 aliphatic carbocycles. The zero-order chi connectivity index (χ0) is 16.2. The van der Waals surface area contributed by atoms with Gasteiger partial charge in [-0.2, -0.15) is 0 Å². The highest BCUT2D eigenvalue weighted by Gasteiger charge is 2.08. The predicted octanol–water partition coefficient (Wildman–Crippen LogP) is 4.47. The van der Waals surface area contributed by atoms with Crippen molar-refractivity contribution in [3.63, 3.8) is 0 Å². The summed E-state index contributed by atoms with van der Waals surface area (Å²) in [5.74, 6) is -0.262. The quantitative estimate of drug-likeness (QED) is 0.679. The average Bonchev–Trinajstić information content (AvgIpc) is 2.94. The van der Waals surface area contributed by atoms with Crippen LogP contribution in [0.3, 0.4) is 0 Å². The highest BCUT2D eigenvalue weighted by Crippen LogP contribution is 2.22. The normalized spacial score (nSPS) is 11.4. The van der Waals surface area contributed by atoms with E-state index in [4.69, 9.17) is 4.99 Å². The maximum Gasteiger partial charge on any atom is 0.190 e. The second-order valence-corrected chi connectivity index (χ2v) is 6.02. The average molecular weight is 409 g/mol. The van der Waals surface area contributed by atoms with Gasteiger partial charge in [0, 0.05) is 11.9 Å². The second-order valence-electron chi connectivity index (χ2n) is 5.18. The van der Waals surface area contributed by atoms with Crippen molar-refractivity contribution in [1.29, 1.82) is 0 Å². The highest BCUT2D eigenvalue weighted by molar-refractivity contribution is 8.93. The third-order valence-corrected chi connectivity index (χ3v) is 4.46. The van der Waals surface area contributed by atoms with Crippen molar-refractivity contribution >= 4 is 34.0 Å². The van der Waals surface area contributed by atoms with Crippen molar-refractivity contribution in [3.8, 4) is 11.3 Å². The van der Waals surface area contributed by atoms with Crippen LogP contribution in [0.5, 0.6) is 0 Å². The van der Waals surface area contributed by atoms with E-state index in [0.717, 1.165) is 27.3 Å². The minimum atomic E-state index is -0.262. The summed E-state index contributed by atoms with van der Waals surface area (Å²) < 4.78 is 15.1. The summed E-state index contributed by atoms with van der Waals surface area (Å²) in [5, 5.41) is 11.4. The summed E-state index contributed by atoms with van der Waals surface area (Å²) in [6, 6.07) is 14.3. The molecule has 3 nitrogen and oxygen atoms in total. The third kappa shape index (κ3) is 4.01. The van der Waals surface area contributed by atoms with E-state index in [0.29, 0.717) is 6.54 Å². The molecule has 6 heteroatoms. The molecule has 0 atom stereocenters. The van der Waals surface area contributed by atoms with Gasteiger partial charge in [0.25, 0.3) is 0 Å². The smallest absolute Gasteiger partial charge is 0.190 e. The summed E-state index contributed by atoms with van der Waals surface area (Å²) in [6.45, 7) is 2.48. The van der Waals surface area contributed by atoms with Crippen LogP contribution < -0.4 is 4.80 Å². The highest BCUT2D eigenvalue weighted by atomic mass is 79.9. The first-order valence-corrected chi connectivity index (χ1v) is 8.22. The summed E-state index contributed by atoms with van der Waals surface area (Å²) in [4.78, 5) is 5.53. The van der Waals surface area contributed by atoms with E-state index in [2.05, 4.69) is 0 Å². The predicted molar refractivity (Wildman–Crippen MR) is 102 cm³/mol. The van der Waals surface area contributed by atoms with Gasteiger partial charge in [0.05, 0.1) is 18.0 Å². The Morgan fingerprint density at radius 3 is 2.50 bits per heavy atom. The molecule has 24 heavy (non-hydrogen) atoms. The number of aryl methyl sites for hydroxylation is 1. The Balaban J connectivity index is 0.00000208. The lowest BCUT2D eigenvalue weighted by molar-refractivity contribution is 0.275. The number of hydrogen-bond donors (Lipinski definition) is 1. The van der Waals surface area contributed by atoms with Gasteiger partial charge in [0.2, 0.25) is 0 Å². The maximum absolute atomic E-state index is 13.1. The van der Waals surface area contributed by atoms with Gasteiger partial charge in [0.15, 0.2) is 4.80 Å². The van der Waals surface area contributed by atoms with Gasteiger partial charge in [-0.25, -0.2) is 9.38 Å². The molecule has 0 aliphatic heterocycles. The Kier molecular flexibility index (Phi) is 6.48. The molecule has 1 heterocycles. The van der Waals surface area contributed by atoms with Gasteiger partial charge in [-0.1, -0.05) is 18.2 Å². The fourth-order valence-corrected chi connectivity index (χ4v) is 3.33. The van der Waals surface area contributed by atoms with Crippen LogP contribution in [0.15, 0.2) is 58.9 Å². The van der Waals surface area contributed by atoms with E-state index in [1.54, 1.807) is 12.1 Å². The number of halogens is 2. The van der Waals surface area contributed by atoms with Crippen LogP contribution in [0.4, 0.5) is 10.1 Å². The van der Waals surface area contributed by atoms with Crippen molar-refractivity contribution in [2.45, 2.75) is 13.5 Å². The molecule has 0 fully saturated rings. The molecular formula is C18H18BrFN2OS. The monoisotopic (exact) mass is 408 g/mol. The second kappa shape index (κ2) is 8.37. The number of thiazole rings is 1. The molecule has 0 bridgehead atoms. The molecule has 3 rings (SSSR count). The van der Waals surface area contributed by atoms with Crippen LogP contribution in [0.25, 0.3) is 11.3 Å². The fraction of sp³-hybridized carbons (Fsp3) is 0.167. The number of aromatic nitrogens is 1. The molecule has 1 aromatic heterocycles. The Bertz CT molecular complexity index is 871. The maximum atomic E-state index is 13.1. The topological polar surface area (TPSA) is 37.5 Å². The Morgan fingerprint density at radius 2 is 1.83 bits per heavy atom. The van der Waals surface area contributed by atoms with Crippen LogP contribution in [0.2, 0.25) is 0 Å². The van der Waals surface area contributed by atoms with E-state index in [1.807, 2.05) is 41.1 Å². The fourth-order valence-electron chi connectivity index (χ4n) is 2.38. The molecule has 0 spiro atoms. The number of benzene rings is 2. The number of aliphatic hydroxyl groups excluding tert-OH is 1. The van der Waals surface area contributed by atoms with Crippen LogP contribution >= 0.6 is 28.3 Å². The SMILES string of the molecule is Br.Cc1ccccc1N=c1scc(-c2ccc(F)cc2)n1CCO. The first-order valence-electron chi connectivity index (χ1n) is 7.34. The minimum Gasteiger partial charge on any atom is -0.395 e. The molecule has 0 saturated heterocycles. The van der Waals surface area contributed by atoms with Gasteiger partial charge in [0.1, 0.15) is 5.82 Å². The van der Waals surface area contributed by atoms with Crippen molar-refractivity contribution < 1.29 is 9.50 Å². The lowest BCUT2D eigenvalue weighted by Crippen LogP contribution is -2.18. The van der Waals surface area contributed by atoms with Crippen molar-refractivity contribution in [3.05, 3.63) is 70.1 Å². The first kappa shape index (κ1) is 18.6. The molecule has 0 saturated carbocycles. The molecule has 0 radical (unpaired) electrons. The van der Waals surface area contributed by atoms with Crippen LogP contribution in [0.1, 0.15) is 5.56 Å². The van der Waals surface area contributed by atoms with Gasteiger partial charge in [-0.15, -0.1) is 28.3 Å². The molecule has 3 aromatic rings. The van der Waals surface area contributed by atoms with E-state index in [1.165, 1.54) is 23.5 Å². The summed E-state index contributed by atoms with van der Waals surface area (Å²) in [7, 11) is 0. The molecule has 0 amide bonds. The van der Waals surface area contributed by atoms with Crippen LogP contribution in [-0.2, 0) is 6.54 Å². The number of hydrogen-bond acceptors (Lipinski definition) is 3. The first-order chi connectivity index (χ1) is 11.2. The minimum absolute atomic E-state index is 0. The molecule has 0 unspecified atom stereocenters. The van der Waals surface area contributed by atoms with Crippen LogP contribution in [0, 0.1) is 12.7 Å². The lowest BCUT2D eigenvalue weighted by atomic mass is 10.2. The standard InChI is InChI=1S/C18H17FN2OS.BrH/c1-13-4-2-3-5-16(13)20-18-21(10-11-22)17(12-23-18)14-6-8-15(19)9-7-14;/h2-9,12,22H,10-11H2,1H3;1H. The number of para-hydroxylation sites is 1. The van der Waals surface area contributed by atoms with Gasteiger partial charge in [-0.05, 0) is 48.4 Å². The zero-order valence-electron chi connectivity index (χ0n) is 13.1. The van der Waals surface area contributed by atoms with Crippen molar-refractivity contribution in [2.75, 3.05) is 6.61 Å². The van der Waals surface area contributed by atoms with Gasteiger partial charge >= 0.3 is 0 Å². The lowest BCUT2D eigenvalue weighted by Gasteiger charge is -2.07. The molecular weight excluding hydrogens is 391 g/mol. The van der Waals surface area contributed by atoms with Gasteiger partial charge in [-0.3, -0.25) is 0 Å². The molecule has 126 valence electrons. The molecule has 1 N–H and O–H groups in total. The molecule has 0 aliphatic rings. The van der Waals surface area contributed by atoms with Gasteiger partial charge < -0.3 is 9.67 Å². The summed E-state index contributed by atoms with van der Waals surface area (Å²) in [6.07, 6.45) is 0. The number of nitrogens with zero attached hydrogens (tertiary/aromatic N) is 2. The van der Waals surface area contributed by atoms with E-state index in [9.17, 15) is 9.50 Å². The third-order valence-electron chi connectivity index (χ3n) is 3.59. The number of aliphatic hydroxyl groups is 1. The van der Waals surface area contributed by atoms with Crippen molar-refractivity contribution in [1.82, 2.24) is 4.57 Å². The number of rotatable bonds is 4. The van der Waals surface area contributed by atoms with Crippen molar-refractivity contribution in [2.24, 2.45) is 4.99 Å². The van der Waals surface area contributed by atoms with Crippen LogP contribution in [-0.4, -0.2) is 16.3 Å². The Hall–Kier alpha value is -1.76. The Morgan fingerprint density at radius 1 is 1.12 bits per heavy atom. The van der Waals surface area contributed by atoms with E-state index < -0.39 is 0 Å². The Labute approximate surface area is 154 Å². The summed E-state index contributed by atoms with van der Waals surface area (Å²) >= 11 is 1.51.